The van der Waals surface area contributed by atoms with Crippen molar-refractivity contribution in [3.8, 4) is 0 Å². The zero-order chi connectivity index (χ0) is 10.7. The monoisotopic (exact) mass is 196 g/mol. The number of hydrogen-bond donors (Lipinski definition) is 2. The van der Waals surface area contributed by atoms with E-state index in [1.54, 1.807) is 4.68 Å². The molecule has 0 saturated carbocycles. The van der Waals surface area contributed by atoms with Crippen LogP contribution in [0.3, 0.4) is 0 Å². The smallest absolute Gasteiger partial charge is 0.234 e. The molecular weight excluding hydrogens is 180 g/mol. The van der Waals surface area contributed by atoms with Crippen molar-refractivity contribution >= 4 is 5.91 Å². The normalized spacial score (nSPS) is 12.6. The van der Waals surface area contributed by atoms with E-state index in [0.29, 0.717) is 0 Å². The maximum atomic E-state index is 11.1. The van der Waals surface area contributed by atoms with E-state index in [9.17, 15) is 4.79 Å². The zero-order valence-corrected chi connectivity index (χ0v) is 8.74. The number of hydrogen-bond acceptors (Lipinski definition) is 3. The Hall–Kier alpha value is -1.36. The second-order valence-electron chi connectivity index (χ2n) is 3.34. The summed E-state index contributed by atoms with van der Waals surface area (Å²) in [6, 6.07) is -0.0419. The molecule has 1 amide bonds. The summed E-state index contributed by atoms with van der Waals surface area (Å²) in [6.07, 6.45) is 1.90. The van der Waals surface area contributed by atoms with Crippen molar-refractivity contribution < 1.29 is 4.79 Å². The Morgan fingerprint density at radius 3 is 2.86 bits per heavy atom. The molecule has 3 N–H and O–H groups in total. The number of aromatic nitrogens is 2. The van der Waals surface area contributed by atoms with Crippen molar-refractivity contribution in [2.75, 3.05) is 6.54 Å². The fraction of sp³-hybridized carbons (Fsp3) is 0.556. The molecule has 1 aromatic rings. The lowest BCUT2D eigenvalue weighted by molar-refractivity contribution is -0.120. The molecule has 1 unspecified atom stereocenters. The van der Waals surface area contributed by atoms with Gasteiger partial charge in [-0.25, -0.2) is 0 Å². The van der Waals surface area contributed by atoms with Crippen LogP contribution >= 0.6 is 0 Å². The molecule has 0 aliphatic heterocycles. The Balaban J connectivity index is 2.73. The first-order valence-electron chi connectivity index (χ1n) is 4.54. The number of rotatable bonds is 3. The van der Waals surface area contributed by atoms with Crippen LogP contribution in [0.15, 0.2) is 6.20 Å². The summed E-state index contributed by atoms with van der Waals surface area (Å²) in [6.45, 7) is 3.85. The molecule has 0 saturated heterocycles. The fourth-order valence-electron chi connectivity index (χ4n) is 1.42. The van der Waals surface area contributed by atoms with Crippen molar-refractivity contribution in [2.45, 2.75) is 19.9 Å². The fourth-order valence-corrected chi connectivity index (χ4v) is 1.42. The molecule has 0 aliphatic carbocycles. The average molecular weight is 196 g/mol. The summed E-state index contributed by atoms with van der Waals surface area (Å²) in [5.74, 6) is -0.152. The third-order valence-corrected chi connectivity index (χ3v) is 2.08. The van der Waals surface area contributed by atoms with Gasteiger partial charge in [-0.05, 0) is 13.8 Å². The maximum absolute atomic E-state index is 11.1. The summed E-state index contributed by atoms with van der Waals surface area (Å²) >= 11 is 0. The number of nitrogens with one attached hydrogen (secondary N) is 1. The van der Waals surface area contributed by atoms with Gasteiger partial charge in [0.2, 0.25) is 5.91 Å². The first kappa shape index (κ1) is 10.7. The molecule has 1 heterocycles. The molecular formula is C9H16N4O. The van der Waals surface area contributed by atoms with Crippen molar-refractivity contribution in [3.05, 3.63) is 17.5 Å². The van der Waals surface area contributed by atoms with Gasteiger partial charge in [-0.1, -0.05) is 0 Å². The summed E-state index contributed by atoms with van der Waals surface area (Å²) in [4.78, 5) is 11.1. The summed E-state index contributed by atoms with van der Waals surface area (Å²) < 4.78 is 1.73. The predicted molar refractivity (Wildman–Crippen MR) is 53.6 cm³/mol. The van der Waals surface area contributed by atoms with E-state index < -0.39 is 0 Å². The van der Waals surface area contributed by atoms with Gasteiger partial charge in [0.15, 0.2) is 0 Å². The first-order valence-corrected chi connectivity index (χ1v) is 4.54. The van der Waals surface area contributed by atoms with E-state index in [2.05, 4.69) is 10.4 Å². The van der Waals surface area contributed by atoms with E-state index in [-0.39, 0.29) is 18.5 Å². The summed E-state index contributed by atoms with van der Waals surface area (Å²) in [5.41, 5.74) is 7.16. The molecule has 0 bridgehead atoms. The maximum Gasteiger partial charge on any atom is 0.234 e. The molecule has 0 spiro atoms. The van der Waals surface area contributed by atoms with Crippen LogP contribution in [0.2, 0.25) is 0 Å². The lowest BCUT2D eigenvalue weighted by atomic mass is 10.1. The van der Waals surface area contributed by atoms with Gasteiger partial charge in [0.05, 0.1) is 18.3 Å². The molecule has 0 aromatic carbocycles. The van der Waals surface area contributed by atoms with Crippen molar-refractivity contribution in [2.24, 2.45) is 12.8 Å². The van der Waals surface area contributed by atoms with Crippen LogP contribution in [0.1, 0.15) is 24.2 Å². The number of carbonyl (C=O) groups is 1. The molecule has 0 aliphatic rings. The zero-order valence-electron chi connectivity index (χ0n) is 8.74. The summed E-state index contributed by atoms with van der Waals surface area (Å²) in [5, 5.41) is 6.98. The molecule has 1 atom stereocenters. The van der Waals surface area contributed by atoms with Crippen LogP contribution in [0.5, 0.6) is 0 Å². The van der Waals surface area contributed by atoms with Gasteiger partial charge in [0, 0.05) is 18.8 Å². The minimum Gasteiger partial charge on any atom is -0.348 e. The van der Waals surface area contributed by atoms with E-state index >= 15 is 0 Å². The standard InChI is InChI=1S/C9H16N4O/c1-6(11-9(14)4-10)8-5-13(3)12-7(8)2/h5-6H,4,10H2,1-3H3,(H,11,14). The van der Waals surface area contributed by atoms with Gasteiger partial charge in [0.1, 0.15) is 0 Å². The number of nitrogens with two attached hydrogens (primary N) is 1. The number of carbonyl (C=O) groups excluding carboxylic acids is 1. The molecule has 1 aromatic heterocycles. The van der Waals surface area contributed by atoms with Crippen LogP contribution in [0.4, 0.5) is 0 Å². The molecule has 78 valence electrons. The van der Waals surface area contributed by atoms with Gasteiger partial charge >= 0.3 is 0 Å². The van der Waals surface area contributed by atoms with Gasteiger partial charge < -0.3 is 11.1 Å². The van der Waals surface area contributed by atoms with E-state index in [1.165, 1.54) is 0 Å². The molecule has 0 radical (unpaired) electrons. The van der Waals surface area contributed by atoms with Gasteiger partial charge in [-0.2, -0.15) is 5.10 Å². The molecule has 1 rings (SSSR count). The lowest BCUT2D eigenvalue weighted by Gasteiger charge is -2.11. The van der Waals surface area contributed by atoms with Gasteiger partial charge in [0.25, 0.3) is 0 Å². The SMILES string of the molecule is Cc1nn(C)cc1C(C)NC(=O)CN. The highest BCUT2D eigenvalue weighted by atomic mass is 16.1. The molecule has 0 fully saturated rings. The Morgan fingerprint density at radius 1 is 1.79 bits per heavy atom. The van der Waals surface area contributed by atoms with Crippen LogP contribution in [0.25, 0.3) is 0 Å². The highest BCUT2D eigenvalue weighted by Crippen LogP contribution is 2.14. The van der Waals surface area contributed by atoms with Crippen LogP contribution in [0, 0.1) is 6.92 Å². The average Bonchev–Trinajstić information content (AvgIpc) is 2.45. The third kappa shape index (κ3) is 2.32. The lowest BCUT2D eigenvalue weighted by Crippen LogP contribution is -2.32. The van der Waals surface area contributed by atoms with Gasteiger partial charge in [-0.15, -0.1) is 0 Å². The van der Waals surface area contributed by atoms with E-state index in [1.807, 2.05) is 27.1 Å². The van der Waals surface area contributed by atoms with Crippen LogP contribution in [-0.2, 0) is 11.8 Å². The Kier molecular flexibility index (Phi) is 3.24. The molecule has 5 nitrogen and oxygen atoms in total. The first-order chi connectivity index (χ1) is 6.54. The predicted octanol–water partition coefficient (Wildman–Crippen LogP) is -0.136. The highest BCUT2D eigenvalue weighted by Gasteiger charge is 2.12. The van der Waals surface area contributed by atoms with Crippen molar-refractivity contribution in [1.29, 1.82) is 0 Å². The molecule has 5 heteroatoms. The van der Waals surface area contributed by atoms with Gasteiger partial charge in [-0.3, -0.25) is 9.48 Å². The second kappa shape index (κ2) is 4.23. The Bertz CT molecular complexity index is 332. The minimum absolute atomic E-state index is 0.0175. The topological polar surface area (TPSA) is 72.9 Å². The summed E-state index contributed by atoms with van der Waals surface area (Å²) in [7, 11) is 1.86. The highest BCUT2D eigenvalue weighted by molar-refractivity contribution is 5.78. The number of aryl methyl sites for hydroxylation is 2. The Labute approximate surface area is 83.3 Å². The van der Waals surface area contributed by atoms with Crippen LogP contribution in [-0.4, -0.2) is 22.2 Å². The van der Waals surface area contributed by atoms with Crippen LogP contribution < -0.4 is 11.1 Å². The Morgan fingerprint density at radius 2 is 2.43 bits per heavy atom. The number of nitrogens with zero attached hydrogens (tertiary/aromatic N) is 2. The largest absolute Gasteiger partial charge is 0.348 e. The molecule has 14 heavy (non-hydrogen) atoms. The number of amides is 1. The van der Waals surface area contributed by atoms with Crippen molar-refractivity contribution in [3.63, 3.8) is 0 Å². The second-order valence-corrected chi connectivity index (χ2v) is 3.34. The quantitative estimate of drug-likeness (QED) is 0.707. The van der Waals surface area contributed by atoms with Crippen molar-refractivity contribution in [1.82, 2.24) is 15.1 Å². The minimum atomic E-state index is -0.152. The van der Waals surface area contributed by atoms with E-state index in [4.69, 9.17) is 5.73 Å². The third-order valence-electron chi connectivity index (χ3n) is 2.08. The van der Waals surface area contributed by atoms with E-state index in [0.717, 1.165) is 11.3 Å².